The molecule has 0 heterocycles. The molecule has 0 unspecified atom stereocenters. The predicted octanol–water partition coefficient (Wildman–Crippen LogP) is 2.96. The average Bonchev–Trinajstić information content (AvgIpc) is 2.22. The maximum Gasteiger partial charge on any atom is 0.128 e. The van der Waals surface area contributed by atoms with Crippen molar-refractivity contribution in [3.05, 3.63) is 28.5 Å². The van der Waals surface area contributed by atoms with E-state index in [-0.39, 0.29) is 11.4 Å². The molecule has 2 N–H and O–H groups in total. The van der Waals surface area contributed by atoms with Crippen molar-refractivity contribution in [1.82, 2.24) is 0 Å². The summed E-state index contributed by atoms with van der Waals surface area (Å²) in [6.07, 6.45) is 0. The molecule has 16 heavy (non-hydrogen) atoms. The summed E-state index contributed by atoms with van der Waals surface area (Å²) in [6, 6.07) is 3.09. The Hall–Kier alpha value is -0.800. The van der Waals surface area contributed by atoms with E-state index in [0.717, 1.165) is 0 Å². The van der Waals surface area contributed by atoms with E-state index in [1.165, 1.54) is 6.07 Å². The fourth-order valence-corrected chi connectivity index (χ4v) is 1.70. The maximum absolute atomic E-state index is 13.5. The lowest BCUT2D eigenvalue weighted by atomic mass is 10.0. The zero-order valence-electron chi connectivity index (χ0n) is 10.1. The van der Waals surface area contributed by atoms with Gasteiger partial charge in [0.05, 0.1) is 10.7 Å². The van der Waals surface area contributed by atoms with E-state index in [4.69, 9.17) is 17.3 Å². The highest BCUT2D eigenvalue weighted by atomic mass is 35.5. The van der Waals surface area contributed by atoms with Crippen molar-refractivity contribution in [1.29, 1.82) is 0 Å². The zero-order chi connectivity index (χ0) is 12.5. The van der Waals surface area contributed by atoms with E-state index in [0.29, 0.717) is 22.8 Å². The first-order valence-electron chi connectivity index (χ1n) is 5.19. The molecule has 0 saturated carbocycles. The van der Waals surface area contributed by atoms with Crippen LogP contribution in [0.4, 0.5) is 10.1 Å². The van der Waals surface area contributed by atoms with E-state index in [1.807, 2.05) is 25.8 Å². The Kier molecular flexibility index (Phi) is 3.81. The topological polar surface area (TPSA) is 29.3 Å². The van der Waals surface area contributed by atoms with Gasteiger partial charge in [-0.05, 0) is 38.5 Å². The minimum Gasteiger partial charge on any atom is -0.367 e. The number of nitrogens with two attached hydrogens (primary N) is 1. The van der Waals surface area contributed by atoms with Gasteiger partial charge in [-0.1, -0.05) is 11.6 Å². The molecule has 0 aliphatic carbocycles. The lowest BCUT2D eigenvalue weighted by molar-refractivity contribution is 0.497. The Labute approximate surface area is 101 Å². The summed E-state index contributed by atoms with van der Waals surface area (Å²) < 4.78 is 13.5. The SMILES string of the molecule is Cc1cc(Cl)c(N(C)C(C)(C)CN)cc1F. The lowest BCUT2D eigenvalue weighted by Crippen LogP contribution is -2.47. The van der Waals surface area contributed by atoms with Gasteiger partial charge in [0, 0.05) is 19.1 Å². The Morgan fingerprint density at radius 3 is 2.50 bits per heavy atom. The number of aryl methyl sites for hydroxylation is 1. The molecule has 0 aliphatic rings. The first-order chi connectivity index (χ1) is 7.29. The van der Waals surface area contributed by atoms with Crippen LogP contribution in [0.1, 0.15) is 19.4 Å². The van der Waals surface area contributed by atoms with Crippen molar-refractivity contribution in [2.45, 2.75) is 26.3 Å². The summed E-state index contributed by atoms with van der Waals surface area (Å²) >= 11 is 6.11. The molecule has 2 nitrogen and oxygen atoms in total. The van der Waals surface area contributed by atoms with Crippen molar-refractivity contribution in [3.63, 3.8) is 0 Å². The molecule has 1 aromatic carbocycles. The molecule has 0 aliphatic heterocycles. The van der Waals surface area contributed by atoms with E-state index in [1.54, 1.807) is 13.0 Å². The van der Waals surface area contributed by atoms with Crippen LogP contribution in [0.15, 0.2) is 12.1 Å². The average molecular weight is 245 g/mol. The van der Waals surface area contributed by atoms with Crippen LogP contribution >= 0.6 is 11.6 Å². The number of hydrogen-bond acceptors (Lipinski definition) is 2. The minimum absolute atomic E-state index is 0.251. The van der Waals surface area contributed by atoms with Crippen LogP contribution in [0, 0.1) is 12.7 Å². The highest BCUT2D eigenvalue weighted by molar-refractivity contribution is 6.33. The molecule has 0 saturated heterocycles. The van der Waals surface area contributed by atoms with Crippen LogP contribution in [0.25, 0.3) is 0 Å². The summed E-state index contributed by atoms with van der Waals surface area (Å²) in [5.74, 6) is -0.251. The molecule has 0 atom stereocenters. The van der Waals surface area contributed by atoms with Crippen molar-refractivity contribution < 1.29 is 4.39 Å². The Morgan fingerprint density at radius 1 is 1.44 bits per heavy atom. The maximum atomic E-state index is 13.5. The highest BCUT2D eigenvalue weighted by Gasteiger charge is 2.24. The fourth-order valence-electron chi connectivity index (χ4n) is 1.36. The van der Waals surface area contributed by atoms with Crippen molar-refractivity contribution in [2.24, 2.45) is 5.73 Å². The predicted molar refractivity (Wildman–Crippen MR) is 67.7 cm³/mol. The lowest BCUT2D eigenvalue weighted by Gasteiger charge is -2.37. The normalized spacial score (nSPS) is 11.7. The highest BCUT2D eigenvalue weighted by Crippen LogP contribution is 2.31. The van der Waals surface area contributed by atoms with Crippen LogP contribution in [0.5, 0.6) is 0 Å². The van der Waals surface area contributed by atoms with E-state index < -0.39 is 0 Å². The molecule has 0 amide bonds. The van der Waals surface area contributed by atoms with Gasteiger partial charge in [0.15, 0.2) is 0 Å². The third-order valence-electron chi connectivity index (χ3n) is 3.00. The smallest absolute Gasteiger partial charge is 0.128 e. The first kappa shape index (κ1) is 13.3. The number of rotatable bonds is 3. The summed E-state index contributed by atoms with van der Waals surface area (Å²) in [5, 5.41) is 0.544. The van der Waals surface area contributed by atoms with Crippen LogP contribution in [-0.2, 0) is 0 Å². The second-order valence-electron chi connectivity index (χ2n) is 4.63. The van der Waals surface area contributed by atoms with Crippen molar-refractivity contribution in [3.8, 4) is 0 Å². The third kappa shape index (κ3) is 2.47. The Morgan fingerprint density at radius 2 is 2.00 bits per heavy atom. The Balaban J connectivity index is 3.19. The van der Waals surface area contributed by atoms with Crippen LogP contribution in [-0.4, -0.2) is 19.1 Å². The molecule has 0 bridgehead atoms. The van der Waals surface area contributed by atoms with Gasteiger partial charge < -0.3 is 10.6 Å². The Bertz CT molecular complexity index is 391. The molecule has 0 aromatic heterocycles. The van der Waals surface area contributed by atoms with E-state index in [2.05, 4.69) is 0 Å². The van der Waals surface area contributed by atoms with Crippen LogP contribution < -0.4 is 10.6 Å². The van der Waals surface area contributed by atoms with Crippen LogP contribution in [0.3, 0.4) is 0 Å². The zero-order valence-corrected chi connectivity index (χ0v) is 10.9. The second-order valence-corrected chi connectivity index (χ2v) is 5.04. The molecule has 0 fully saturated rings. The minimum atomic E-state index is -0.259. The third-order valence-corrected chi connectivity index (χ3v) is 3.30. The van der Waals surface area contributed by atoms with E-state index in [9.17, 15) is 4.39 Å². The van der Waals surface area contributed by atoms with Crippen molar-refractivity contribution in [2.75, 3.05) is 18.5 Å². The van der Waals surface area contributed by atoms with Gasteiger partial charge in [0.1, 0.15) is 5.82 Å². The summed E-state index contributed by atoms with van der Waals surface area (Å²) in [5.41, 5.74) is 6.64. The molecule has 0 radical (unpaired) electrons. The summed E-state index contributed by atoms with van der Waals surface area (Å²) in [6.45, 7) is 6.14. The number of anilines is 1. The molecular formula is C12H18ClFN2. The largest absolute Gasteiger partial charge is 0.367 e. The molecule has 1 aromatic rings. The molecule has 90 valence electrons. The van der Waals surface area contributed by atoms with Gasteiger partial charge in [0.2, 0.25) is 0 Å². The number of likely N-dealkylation sites (N-methyl/N-ethyl adjacent to an activating group) is 1. The fraction of sp³-hybridized carbons (Fsp3) is 0.500. The van der Waals surface area contributed by atoms with Gasteiger partial charge >= 0.3 is 0 Å². The standard InChI is InChI=1S/C12H18ClFN2/c1-8-5-9(13)11(6-10(8)14)16(4)12(2,3)7-15/h5-6H,7,15H2,1-4H3. The molecule has 0 spiro atoms. The second kappa shape index (κ2) is 4.60. The van der Waals surface area contributed by atoms with Gasteiger partial charge in [-0.3, -0.25) is 0 Å². The molecular weight excluding hydrogens is 227 g/mol. The number of hydrogen-bond donors (Lipinski definition) is 1. The van der Waals surface area contributed by atoms with Crippen LogP contribution in [0.2, 0.25) is 5.02 Å². The summed E-state index contributed by atoms with van der Waals surface area (Å²) in [7, 11) is 1.86. The van der Waals surface area contributed by atoms with Gasteiger partial charge in [-0.2, -0.15) is 0 Å². The van der Waals surface area contributed by atoms with Crippen molar-refractivity contribution >= 4 is 17.3 Å². The van der Waals surface area contributed by atoms with Gasteiger partial charge in [-0.15, -0.1) is 0 Å². The monoisotopic (exact) mass is 244 g/mol. The van der Waals surface area contributed by atoms with Gasteiger partial charge in [0.25, 0.3) is 0 Å². The molecule has 1 rings (SSSR count). The van der Waals surface area contributed by atoms with E-state index >= 15 is 0 Å². The quantitative estimate of drug-likeness (QED) is 0.886. The molecule has 4 heteroatoms. The number of benzene rings is 1. The number of nitrogens with zero attached hydrogens (tertiary/aromatic N) is 1. The van der Waals surface area contributed by atoms with Gasteiger partial charge in [-0.25, -0.2) is 4.39 Å². The number of halogens is 2. The summed E-state index contributed by atoms with van der Waals surface area (Å²) in [4.78, 5) is 1.90. The first-order valence-corrected chi connectivity index (χ1v) is 5.57.